The van der Waals surface area contributed by atoms with Crippen molar-refractivity contribution in [2.24, 2.45) is 0 Å². The molecule has 0 bridgehead atoms. The third kappa shape index (κ3) is 4.22. The molecule has 17 heavy (non-hydrogen) atoms. The Morgan fingerprint density at radius 3 is 2.76 bits per heavy atom. The number of thiophene rings is 1. The summed E-state index contributed by atoms with van der Waals surface area (Å²) < 4.78 is 11.1. The molecular formula is C11H17NO3S2. The fourth-order valence-corrected chi connectivity index (χ4v) is 2.56. The first-order chi connectivity index (χ1) is 7.91. The smallest absolute Gasteiger partial charge is 0.345 e. The molecule has 0 aliphatic carbocycles. The Hall–Kier alpha value is -0.720. The third-order valence-corrected chi connectivity index (χ3v) is 4.93. The van der Waals surface area contributed by atoms with E-state index in [9.17, 15) is 9.00 Å². The van der Waals surface area contributed by atoms with E-state index in [1.807, 2.05) is 13.8 Å². The number of nitrogens with one attached hydrogen (secondary N) is 1. The van der Waals surface area contributed by atoms with Crippen molar-refractivity contribution < 1.29 is 14.1 Å². The van der Waals surface area contributed by atoms with Gasteiger partial charge >= 0.3 is 5.97 Å². The average Bonchev–Trinajstić information content (AvgIpc) is 2.60. The van der Waals surface area contributed by atoms with Gasteiger partial charge in [0.25, 0.3) is 0 Å². The summed E-state index contributed by atoms with van der Waals surface area (Å²) >= 11 is 1.29. The number of carboxylic acids is 1. The van der Waals surface area contributed by atoms with Gasteiger partial charge in [-0.2, -0.15) is 0 Å². The Balaban J connectivity index is 2.52. The maximum absolute atomic E-state index is 11.1. The molecule has 0 amide bonds. The van der Waals surface area contributed by atoms with Crippen molar-refractivity contribution in [2.45, 2.75) is 25.6 Å². The van der Waals surface area contributed by atoms with Gasteiger partial charge in [-0.1, -0.05) is 0 Å². The van der Waals surface area contributed by atoms with Gasteiger partial charge in [0, 0.05) is 40.3 Å². The summed E-state index contributed by atoms with van der Waals surface area (Å²) in [5.74, 6) is -0.882. The van der Waals surface area contributed by atoms with Gasteiger partial charge in [-0.3, -0.25) is 4.21 Å². The molecule has 0 radical (unpaired) electrons. The molecule has 1 heterocycles. The average molecular weight is 275 g/mol. The standard InChI is InChI=1S/C11H17NO3S2/c1-7(17(3)15)5-12-6-9-4-10(11(13)14)16-8(9)2/h4,7,12H,5-6H2,1-3H3,(H,13,14). The summed E-state index contributed by atoms with van der Waals surface area (Å²) in [6, 6.07) is 1.70. The lowest BCUT2D eigenvalue weighted by Gasteiger charge is -2.09. The summed E-state index contributed by atoms with van der Waals surface area (Å²) in [6.45, 7) is 5.12. The van der Waals surface area contributed by atoms with E-state index in [1.165, 1.54) is 11.3 Å². The molecule has 0 aliphatic heterocycles. The molecule has 1 aromatic rings. The van der Waals surface area contributed by atoms with Gasteiger partial charge in [-0.15, -0.1) is 11.3 Å². The predicted octanol–water partition coefficient (Wildman–Crippen LogP) is 1.61. The van der Waals surface area contributed by atoms with Crippen LogP contribution in [-0.4, -0.2) is 33.3 Å². The first kappa shape index (κ1) is 14.3. The summed E-state index contributed by atoms with van der Waals surface area (Å²) in [6.07, 6.45) is 1.69. The zero-order valence-electron chi connectivity index (χ0n) is 10.1. The number of aryl methyl sites for hydroxylation is 1. The van der Waals surface area contributed by atoms with E-state index in [0.717, 1.165) is 10.4 Å². The molecule has 0 saturated carbocycles. The SMILES string of the molecule is Cc1sc(C(=O)O)cc1CNCC(C)S(C)=O. The van der Waals surface area contributed by atoms with Crippen molar-refractivity contribution in [3.8, 4) is 0 Å². The largest absolute Gasteiger partial charge is 0.477 e. The third-order valence-electron chi connectivity index (χ3n) is 2.55. The fourth-order valence-electron chi connectivity index (χ4n) is 1.33. The molecule has 6 heteroatoms. The van der Waals surface area contributed by atoms with Crippen LogP contribution in [0.3, 0.4) is 0 Å². The number of carbonyl (C=O) groups is 1. The van der Waals surface area contributed by atoms with Gasteiger partial charge in [0.2, 0.25) is 0 Å². The number of rotatable bonds is 6. The first-order valence-corrected chi connectivity index (χ1v) is 7.71. The van der Waals surface area contributed by atoms with Gasteiger partial charge in [-0.05, 0) is 25.5 Å². The Labute approximate surface area is 108 Å². The van der Waals surface area contributed by atoms with Crippen LogP contribution in [0.4, 0.5) is 0 Å². The Morgan fingerprint density at radius 1 is 1.65 bits per heavy atom. The van der Waals surface area contributed by atoms with E-state index in [0.29, 0.717) is 18.0 Å². The van der Waals surface area contributed by atoms with Gasteiger partial charge in [0.05, 0.1) is 0 Å². The highest BCUT2D eigenvalue weighted by Crippen LogP contribution is 2.21. The molecule has 2 unspecified atom stereocenters. The quantitative estimate of drug-likeness (QED) is 0.828. The predicted molar refractivity (Wildman–Crippen MR) is 71.3 cm³/mol. The maximum atomic E-state index is 11.1. The second-order valence-corrected chi connectivity index (χ2v) is 7.00. The van der Waals surface area contributed by atoms with Gasteiger partial charge in [0.15, 0.2) is 0 Å². The minimum Gasteiger partial charge on any atom is -0.477 e. The highest BCUT2D eigenvalue weighted by molar-refractivity contribution is 7.84. The van der Waals surface area contributed by atoms with Crippen molar-refractivity contribution >= 4 is 28.1 Å². The van der Waals surface area contributed by atoms with E-state index < -0.39 is 16.8 Å². The lowest BCUT2D eigenvalue weighted by molar-refractivity contribution is 0.0702. The summed E-state index contributed by atoms with van der Waals surface area (Å²) in [4.78, 5) is 12.2. The van der Waals surface area contributed by atoms with E-state index in [1.54, 1.807) is 12.3 Å². The Bertz CT molecular complexity index is 428. The number of hydrogen-bond acceptors (Lipinski definition) is 4. The van der Waals surface area contributed by atoms with Gasteiger partial charge < -0.3 is 10.4 Å². The van der Waals surface area contributed by atoms with Gasteiger partial charge in [-0.25, -0.2) is 4.79 Å². The summed E-state index contributed by atoms with van der Waals surface area (Å²) in [5, 5.41) is 12.2. The summed E-state index contributed by atoms with van der Waals surface area (Å²) in [7, 11) is -0.830. The van der Waals surface area contributed by atoms with Crippen LogP contribution in [0.15, 0.2) is 6.07 Å². The molecule has 4 nitrogen and oxygen atoms in total. The number of aromatic carboxylic acids is 1. The van der Waals surface area contributed by atoms with E-state index >= 15 is 0 Å². The van der Waals surface area contributed by atoms with E-state index in [4.69, 9.17) is 5.11 Å². The highest BCUT2D eigenvalue weighted by atomic mass is 32.2. The highest BCUT2D eigenvalue weighted by Gasteiger charge is 2.11. The minimum atomic E-state index is -0.882. The van der Waals surface area contributed by atoms with Crippen molar-refractivity contribution in [2.75, 3.05) is 12.8 Å². The molecule has 2 atom stereocenters. The molecule has 2 N–H and O–H groups in total. The zero-order chi connectivity index (χ0) is 13.0. The molecule has 0 spiro atoms. The fraction of sp³-hybridized carbons (Fsp3) is 0.545. The Morgan fingerprint density at radius 2 is 2.29 bits per heavy atom. The van der Waals surface area contributed by atoms with E-state index in [-0.39, 0.29) is 5.25 Å². The van der Waals surface area contributed by atoms with Crippen molar-refractivity contribution in [1.29, 1.82) is 0 Å². The van der Waals surface area contributed by atoms with Crippen LogP contribution in [0.5, 0.6) is 0 Å². The molecule has 0 aromatic carbocycles. The molecular weight excluding hydrogens is 258 g/mol. The van der Waals surface area contributed by atoms with Crippen LogP contribution >= 0.6 is 11.3 Å². The summed E-state index contributed by atoms with van der Waals surface area (Å²) in [5.41, 5.74) is 1.00. The molecule has 1 aromatic heterocycles. The van der Waals surface area contributed by atoms with Crippen LogP contribution in [-0.2, 0) is 17.3 Å². The van der Waals surface area contributed by atoms with Crippen molar-refractivity contribution in [3.05, 3.63) is 21.4 Å². The van der Waals surface area contributed by atoms with Crippen LogP contribution in [0.25, 0.3) is 0 Å². The topological polar surface area (TPSA) is 66.4 Å². The lowest BCUT2D eigenvalue weighted by Crippen LogP contribution is -2.27. The molecule has 96 valence electrons. The van der Waals surface area contributed by atoms with Crippen LogP contribution < -0.4 is 5.32 Å². The van der Waals surface area contributed by atoms with Crippen LogP contribution in [0, 0.1) is 6.92 Å². The molecule has 0 fully saturated rings. The van der Waals surface area contributed by atoms with Gasteiger partial charge in [0.1, 0.15) is 4.88 Å². The Kier molecular flexibility index (Phi) is 5.30. The number of carboxylic acid groups (broad SMARTS) is 1. The molecule has 0 saturated heterocycles. The maximum Gasteiger partial charge on any atom is 0.345 e. The van der Waals surface area contributed by atoms with Crippen molar-refractivity contribution in [1.82, 2.24) is 5.32 Å². The second-order valence-electron chi connectivity index (χ2n) is 3.94. The minimum absolute atomic E-state index is 0.105. The molecule has 1 rings (SSSR count). The molecule has 0 aliphatic rings. The lowest BCUT2D eigenvalue weighted by atomic mass is 10.2. The normalized spacial score (nSPS) is 14.5. The second kappa shape index (κ2) is 6.28. The monoisotopic (exact) mass is 275 g/mol. The zero-order valence-corrected chi connectivity index (χ0v) is 11.8. The van der Waals surface area contributed by atoms with Crippen LogP contribution in [0.1, 0.15) is 27.0 Å². The van der Waals surface area contributed by atoms with E-state index in [2.05, 4.69) is 5.32 Å². The first-order valence-electron chi connectivity index (χ1n) is 5.27. The number of hydrogen-bond donors (Lipinski definition) is 2. The van der Waals surface area contributed by atoms with Crippen LogP contribution in [0.2, 0.25) is 0 Å². The van der Waals surface area contributed by atoms with Crippen molar-refractivity contribution in [3.63, 3.8) is 0 Å².